The minimum atomic E-state index is -0.263. The summed E-state index contributed by atoms with van der Waals surface area (Å²) in [5.74, 6) is -0.263. The molecule has 1 aromatic heterocycles. The number of hydrogen-bond acceptors (Lipinski definition) is 3. The summed E-state index contributed by atoms with van der Waals surface area (Å²) in [7, 11) is 1.68. The Bertz CT molecular complexity index is 1010. The van der Waals surface area contributed by atoms with Crippen LogP contribution < -0.4 is 4.80 Å². The molecule has 26 heavy (non-hydrogen) atoms. The molecule has 134 valence electrons. The predicted molar refractivity (Wildman–Crippen MR) is 107 cm³/mol. The molecule has 0 saturated carbocycles. The number of hydrogen-bond donors (Lipinski definition) is 0. The molecule has 0 aliphatic heterocycles. The number of thiazole rings is 1. The Labute approximate surface area is 157 Å². The number of carbonyl (C=O) groups excluding carboxylic acids is 1. The third-order valence-electron chi connectivity index (χ3n) is 4.05. The van der Waals surface area contributed by atoms with Crippen molar-refractivity contribution in [1.29, 1.82) is 0 Å². The van der Waals surface area contributed by atoms with Gasteiger partial charge < -0.3 is 9.30 Å². The van der Waals surface area contributed by atoms with E-state index < -0.39 is 0 Å². The molecule has 0 spiro atoms. The fraction of sp³-hybridized carbons (Fsp3) is 0.238. The smallest absolute Gasteiger partial charge is 0.272 e. The maximum Gasteiger partial charge on any atom is 0.272 e. The van der Waals surface area contributed by atoms with Crippen molar-refractivity contribution in [3.05, 3.63) is 70.0 Å². The first-order chi connectivity index (χ1) is 12.6. The van der Waals surface area contributed by atoms with Gasteiger partial charge in [0.1, 0.15) is 0 Å². The zero-order valence-corrected chi connectivity index (χ0v) is 16.0. The maximum atomic E-state index is 12.3. The highest BCUT2D eigenvalue weighted by Gasteiger charge is 2.10. The van der Waals surface area contributed by atoms with E-state index in [9.17, 15) is 4.79 Å². The molecule has 0 bridgehead atoms. The molecule has 0 radical (unpaired) electrons. The molecule has 2 aromatic carbocycles. The summed E-state index contributed by atoms with van der Waals surface area (Å²) < 4.78 is 8.45. The van der Waals surface area contributed by atoms with Crippen molar-refractivity contribution >= 4 is 33.5 Å². The zero-order chi connectivity index (χ0) is 18.5. The van der Waals surface area contributed by atoms with E-state index in [1.165, 1.54) is 28.5 Å². The first-order valence-corrected chi connectivity index (χ1v) is 9.31. The summed E-state index contributed by atoms with van der Waals surface area (Å²) in [4.78, 5) is 17.4. The molecule has 0 aliphatic carbocycles. The van der Waals surface area contributed by atoms with Crippen LogP contribution in [0.15, 0.2) is 53.5 Å². The molecule has 0 unspecified atom stereocenters. The van der Waals surface area contributed by atoms with E-state index in [1.807, 2.05) is 30.3 Å². The average molecular weight is 366 g/mol. The first kappa shape index (κ1) is 18.3. The summed E-state index contributed by atoms with van der Waals surface area (Å²) in [6.07, 6.45) is 3.30. The second-order valence-corrected chi connectivity index (χ2v) is 7.16. The molecule has 3 rings (SSSR count). The summed E-state index contributed by atoms with van der Waals surface area (Å²) in [6, 6.07) is 14.0. The highest BCUT2D eigenvalue weighted by molar-refractivity contribution is 7.16. The number of ether oxygens (including phenoxy) is 1. The number of amides is 1. The predicted octanol–water partition coefficient (Wildman–Crippen LogP) is 4.11. The van der Waals surface area contributed by atoms with E-state index in [1.54, 1.807) is 13.2 Å². The van der Waals surface area contributed by atoms with Crippen molar-refractivity contribution in [2.75, 3.05) is 13.7 Å². The molecule has 1 amide bonds. The van der Waals surface area contributed by atoms with Crippen molar-refractivity contribution in [2.24, 2.45) is 4.99 Å². The molecule has 0 aliphatic rings. The molecule has 0 fully saturated rings. The van der Waals surface area contributed by atoms with E-state index >= 15 is 0 Å². The molecular weight excluding hydrogens is 344 g/mol. The van der Waals surface area contributed by atoms with Crippen molar-refractivity contribution in [2.45, 2.75) is 20.4 Å². The lowest BCUT2D eigenvalue weighted by molar-refractivity contribution is -0.113. The Kier molecular flexibility index (Phi) is 5.81. The molecule has 0 N–H and O–H groups in total. The topological polar surface area (TPSA) is 43.6 Å². The number of aryl methyl sites for hydroxylation is 2. The Morgan fingerprint density at radius 1 is 1.23 bits per heavy atom. The first-order valence-electron chi connectivity index (χ1n) is 8.50. The summed E-state index contributed by atoms with van der Waals surface area (Å²) in [5.41, 5.74) is 4.49. The fourth-order valence-corrected chi connectivity index (χ4v) is 4.17. The van der Waals surface area contributed by atoms with Crippen LogP contribution in [0.5, 0.6) is 0 Å². The van der Waals surface area contributed by atoms with Crippen LogP contribution in [0.25, 0.3) is 16.3 Å². The molecule has 3 aromatic rings. The highest BCUT2D eigenvalue weighted by atomic mass is 32.1. The normalized spacial score (nSPS) is 12.3. The van der Waals surface area contributed by atoms with Crippen LogP contribution in [-0.2, 0) is 16.1 Å². The van der Waals surface area contributed by atoms with Gasteiger partial charge in [0.2, 0.25) is 0 Å². The van der Waals surface area contributed by atoms with Gasteiger partial charge in [0.15, 0.2) is 4.80 Å². The van der Waals surface area contributed by atoms with Gasteiger partial charge in [-0.25, -0.2) is 0 Å². The number of carbonyl (C=O) groups is 1. The van der Waals surface area contributed by atoms with Crippen LogP contribution >= 0.6 is 11.3 Å². The van der Waals surface area contributed by atoms with Crippen molar-refractivity contribution in [3.63, 3.8) is 0 Å². The van der Waals surface area contributed by atoms with E-state index in [-0.39, 0.29) is 5.91 Å². The highest BCUT2D eigenvalue weighted by Crippen LogP contribution is 2.23. The quantitative estimate of drug-likeness (QED) is 0.638. The van der Waals surface area contributed by atoms with Gasteiger partial charge in [-0.05, 0) is 42.7 Å². The number of rotatable bonds is 5. The third-order valence-corrected chi connectivity index (χ3v) is 5.08. The van der Waals surface area contributed by atoms with E-state index in [0.717, 1.165) is 15.8 Å². The van der Waals surface area contributed by atoms with Gasteiger partial charge in [-0.1, -0.05) is 47.7 Å². The second kappa shape index (κ2) is 8.25. The van der Waals surface area contributed by atoms with Gasteiger partial charge in [0, 0.05) is 19.7 Å². The number of methoxy groups -OCH3 is 1. The van der Waals surface area contributed by atoms with Crippen LogP contribution in [0.4, 0.5) is 0 Å². The van der Waals surface area contributed by atoms with Gasteiger partial charge >= 0.3 is 0 Å². The Morgan fingerprint density at radius 2 is 2.00 bits per heavy atom. The van der Waals surface area contributed by atoms with E-state index in [0.29, 0.717) is 18.0 Å². The van der Waals surface area contributed by atoms with Crippen molar-refractivity contribution in [3.8, 4) is 0 Å². The third kappa shape index (κ3) is 4.18. The van der Waals surface area contributed by atoms with Crippen LogP contribution in [0.3, 0.4) is 0 Å². The van der Waals surface area contributed by atoms with Crippen LogP contribution in [-0.4, -0.2) is 24.2 Å². The van der Waals surface area contributed by atoms with Crippen LogP contribution in [0.1, 0.15) is 16.7 Å². The number of benzene rings is 2. The molecule has 0 atom stereocenters. The number of nitrogens with zero attached hydrogens (tertiary/aromatic N) is 2. The lowest BCUT2D eigenvalue weighted by atomic mass is 10.1. The number of aromatic nitrogens is 1. The lowest BCUT2D eigenvalue weighted by Crippen LogP contribution is -2.19. The van der Waals surface area contributed by atoms with Gasteiger partial charge in [0.05, 0.1) is 16.8 Å². The Hall–Kier alpha value is -2.50. The van der Waals surface area contributed by atoms with E-state index in [4.69, 9.17) is 4.74 Å². The second-order valence-electron chi connectivity index (χ2n) is 6.15. The molecule has 0 saturated heterocycles. The Morgan fingerprint density at radius 3 is 2.73 bits per heavy atom. The largest absolute Gasteiger partial charge is 0.383 e. The van der Waals surface area contributed by atoms with Crippen molar-refractivity contribution < 1.29 is 9.53 Å². The maximum absolute atomic E-state index is 12.3. The standard InChI is InChI=1S/C21H22N2O2S/c1-15-13-16(2)20-18(14-15)26-21(23(20)11-12-25-3)22-19(24)10-9-17-7-5-4-6-8-17/h4-10,13-14H,11-12H2,1-3H3. The van der Waals surface area contributed by atoms with Crippen LogP contribution in [0, 0.1) is 13.8 Å². The Balaban J connectivity index is 2.02. The zero-order valence-electron chi connectivity index (χ0n) is 15.2. The molecular formula is C21H22N2O2S. The summed E-state index contributed by atoms with van der Waals surface area (Å²) >= 11 is 1.54. The van der Waals surface area contributed by atoms with Gasteiger partial charge in [-0.15, -0.1) is 0 Å². The molecule has 4 nitrogen and oxygen atoms in total. The van der Waals surface area contributed by atoms with Gasteiger partial charge in [-0.3, -0.25) is 4.79 Å². The monoisotopic (exact) mass is 366 g/mol. The van der Waals surface area contributed by atoms with E-state index in [2.05, 4.69) is 35.5 Å². The molecule has 5 heteroatoms. The molecule has 1 heterocycles. The minimum absolute atomic E-state index is 0.263. The number of fused-ring (bicyclic) bond motifs is 1. The SMILES string of the molecule is COCCn1c(=NC(=O)C=Cc2ccccc2)sc2cc(C)cc(C)c21. The minimum Gasteiger partial charge on any atom is -0.383 e. The lowest BCUT2D eigenvalue weighted by Gasteiger charge is -2.07. The van der Waals surface area contributed by atoms with Crippen molar-refractivity contribution in [1.82, 2.24) is 4.57 Å². The van der Waals surface area contributed by atoms with Crippen LogP contribution in [0.2, 0.25) is 0 Å². The average Bonchev–Trinajstić information content (AvgIpc) is 2.96. The summed E-state index contributed by atoms with van der Waals surface area (Å²) in [6.45, 7) is 5.40. The summed E-state index contributed by atoms with van der Waals surface area (Å²) in [5, 5.41) is 0. The van der Waals surface area contributed by atoms with Gasteiger partial charge in [0.25, 0.3) is 5.91 Å². The fourth-order valence-electron chi connectivity index (χ4n) is 2.93. The van der Waals surface area contributed by atoms with Gasteiger partial charge in [-0.2, -0.15) is 4.99 Å².